The summed E-state index contributed by atoms with van der Waals surface area (Å²) < 4.78 is 35.6. The van der Waals surface area contributed by atoms with Crippen LogP contribution < -0.4 is 5.73 Å². The first kappa shape index (κ1) is 25.0. The number of nitrogens with zero attached hydrogens (tertiary/aromatic N) is 5. The van der Waals surface area contributed by atoms with E-state index in [1.807, 2.05) is 26.0 Å². The topological polar surface area (TPSA) is 116 Å². The molecule has 0 saturated heterocycles. The summed E-state index contributed by atoms with van der Waals surface area (Å²) >= 11 is 0. The van der Waals surface area contributed by atoms with Gasteiger partial charge in [0.15, 0.2) is 5.82 Å². The fourth-order valence-corrected chi connectivity index (χ4v) is 5.54. The second-order valence-electron chi connectivity index (χ2n) is 8.60. The number of rotatable bonds is 10. The monoisotopic (exact) mass is 496 g/mol. The molecule has 4 rings (SSSR count). The molecule has 0 fully saturated rings. The molecular weight excluding hydrogens is 464 g/mol. The van der Waals surface area contributed by atoms with E-state index in [1.54, 1.807) is 31.4 Å². The predicted molar refractivity (Wildman–Crippen MR) is 138 cm³/mol. The third kappa shape index (κ3) is 4.86. The van der Waals surface area contributed by atoms with Gasteiger partial charge in [-0.1, -0.05) is 25.1 Å². The maximum atomic E-state index is 13.2. The van der Waals surface area contributed by atoms with Crippen LogP contribution >= 0.6 is 0 Å². The van der Waals surface area contributed by atoms with Crippen molar-refractivity contribution in [2.45, 2.75) is 45.1 Å². The van der Waals surface area contributed by atoms with Crippen LogP contribution in [-0.4, -0.2) is 59.0 Å². The first-order valence-electron chi connectivity index (χ1n) is 11.7. The summed E-state index contributed by atoms with van der Waals surface area (Å²) in [6.45, 7) is 7.60. The van der Waals surface area contributed by atoms with Crippen molar-refractivity contribution >= 4 is 37.8 Å². The van der Waals surface area contributed by atoms with Crippen LogP contribution in [-0.2, 0) is 27.7 Å². The highest BCUT2D eigenvalue weighted by atomic mass is 32.2. The molecule has 0 atom stereocenters. The number of aromatic nitrogens is 4. The van der Waals surface area contributed by atoms with E-state index in [0.29, 0.717) is 24.5 Å². The van der Waals surface area contributed by atoms with Crippen LogP contribution in [0.15, 0.2) is 41.4 Å². The molecule has 0 spiro atoms. The number of fused-ring (bicyclic) bond motifs is 2. The van der Waals surface area contributed by atoms with Crippen molar-refractivity contribution in [3.63, 3.8) is 0 Å². The Morgan fingerprint density at radius 1 is 1.09 bits per heavy atom. The molecule has 9 nitrogen and oxygen atoms in total. The zero-order valence-corrected chi connectivity index (χ0v) is 21.5. The molecule has 0 aliphatic rings. The molecule has 0 amide bonds. The lowest BCUT2D eigenvalue weighted by molar-refractivity contribution is 0.119. The van der Waals surface area contributed by atoms with Gasteiger partial charge in [0.25, 0.3) is 0 Å². The van der Waals surface area contributed by atoms with Crippen LogP contribution in [0.2, 0.25) is 0 Å². The molecule has 1 aromatic carbocycles. The van der Waals surface area contributed by atoms with Crippen molar-refractivity contribution in [1.29, 1.82) is 0 Å². The van der Waals surface area contributed by atoms with Crippen molar-refractivity contribution in [1.82, 2.24) is 23.8 Å². The van der Waals surface area contributed by atoms with Gasteiger partial charge in [0.05, 0.1) is 24.2 Å². The van der Waals surface area contributed by atoms with Gasteiger partial charge in [-0.05, 0) is 38.0 Å². The Hall–Kier alpha value is -3.08. The summed E-state index contributed by atoms with van der Waals surface area (Å²) in [5.74, 6) is 1.39. The maximum absolute atomic E-state index is 13.2. The van der Waals surface area contributed by atoms with Gasteiger partial charge in [0.1, 0.15) is 16.2 Å². The van der Waals surface area contributed by atoms with Crippen molar-refractivity contribution in [3.05, 3.63) is 53.6 Å². The lowest BCUT2D eigenvalue weighted by Gasteiger charge is -2.18. The summed E-state index contributed by atoms with van der Waals surface area (Å²) in [5, 5.41) is 0.787. The summed E-state index contributed by atoms with van der Waals surface area (Å²) in [6.07, 6.45) is 3.39. The van der Waals surface area contributed by atoms with Crippen molar-refractivity contribution in [2.75, 3.05) is 32.5 Å². The second-order valence-corrected chi connectivity index (χ2v) is 10.6. The number of aryl methyl sites for hydroxylation is 3. The number of sulfonamides is 1. The Kier molecular flexibility index (Phi) is 7.34. The molecule has 35 heavy (non-hydrogen) atoms. The number of nitrogens with two attached hydrogens (primary N) is 1. The van der Waals surface area contributed by atoms with Crippen LogP contribution in [0.25, 0.3) is 21.9 Å². The first-order valence-corrected chi connectivity index (χ1v) is 13.2. The molecule has 3 heterocycles. The number of hydrogen-bond donors (Lipinski definition) is 1. The van der Waals surface area contributed by atoms with Gasteiger partial charge < -0.3 is 15.0 Å². The Balaban J connectivity index is 1.43. The zero-order valence-electron chi connectivity index (χ0n) is 20.7. The largest absolute Gasteiger partial charge is 0.382 e. The average molecular weight is 497 g/mol. The molecule has 0 saturated carbocycles. The molecule has 10 heteroatoms. The van der Waals surface area contributed by atoms with Crippen LogP contribution in [0, 0.1) is 13.8 Å². The summed E-state index contributed by atoms with van der Waals surface area (Å²) in [5.41, 5.74) is 10.3. The fourth-order valence-electron chi connectivity index (χ4n) is 4.23. The quantitative estimate of drug-likeness (QED) is 0.334. The molecule has 3 aromatic heterocycles. The number of anilines is 1. The van der Waals surface area contributed by atoms with Gasteiger partial charge in [-0.2, -0.15) is 4.31 Å². The third-order valence-corrected chi connectivity index (χ3v) is 8.13. The SMILES string of the molecule is CCCc1nc2c(N)nc(C)c(C)c2n1CCOCCN(C)S(=O)(=O)c1cccc2cccnc12. The molecular formula is C25H32N6O3S. The van der Waals surface area contributed by atoms with Crippen LogP contribution in [0.3, 0.4) is 0 Å². The maximum Gasteiger partial charge on any atom is 0.245 e. The van der Waals surface area contributed by atoms with E-state index in [-0.39, 0.29) is 18.0 Å². The number of likely N-dealkylation sites (N-methyl/N-ethyl adjacent to an activating group) is 1. The van der Waals surface area contributed by atoms with E-state index in [4.69, 9.17) is 15.5 Å². The van der Waals surface area contributed by atoms with Crippen LogP contribution in [0.1, 0.15) is 30.4 Å². The Bertz CT molecular complexity index is 1460. The summed E-state index contributed by atoms with van der Waals surface area (Å²) in [6, 6.07) is 8.82. The molecule has 0 unspecified atom stereocenters. The number of hydrogen-bond acceptors (Lipinski definition) is 7. The second kappa shape index (κ2) is 10.3. The minimum absolute atomic E-state index is 0.198. The number of imidazole rings is 1. The van der Waals surface area contributed by atoms with Gasteiger partial charge >= 0.3 is 0 Å². The highest BCUT2D eigenvalue weighted by Crippen LogP contribution is 2.27. The van der Waals surface area contributed by atoms with E-state index >= 15 is 0 Å². The summed E-state index contributed by atoms with van der Waals surface area (Å²) in [4.78, 5) is 13.6. The highest BCUT2D eigenvalue weighted by molar-refractivity contribution is 7.89. The lowest BCUT2D eigenvalue weighted by atomic mass is 10.2. The van der Waals surface area contributed by atoms with Gasteiger partial charge in [-0.3, -0.25) is 4.98 Å². The minimum atomic E-state index is -3.70. The number of pyridine rings is 2. The first-order chi connectivity index (χ1) is 16.8. The minimum Gasteiger partial charge on any atom is -0.382 e. The predicted octanol–water partition coefficient (Wildman–Crippen LogP) is 3.47. The van der Waals surface area contributed by atoms with Gasteiger partial charge in [-0.25, -0.2) is 18.4 Å². The van der Waals surface area contributed by atoms with Gasteiger partial charge in [0.2, 0.25) is 10.0 Å². The molecule has 0 aliphatic carbocycles. The Morgan fingerprint density at radius 2 is 1.86 bits per heavy atom. The molecule has 0 radical (unpaired) electrons. The number of benzene rings is 1. The normalized spacial score (nSPS) is 12.3. The standard InChI is InChI=1S/C25H32N6O3S/c1-5-8-21-29-23-24(17(2)18(3)28-25(23)26)31(21)14-16-34-15-13-30(4)35(32,33)20-11-6-9-19-10-7-12-27-22(19)20/h6-7,9-12H,5,8,13-16H2,1-4H3,(H2,26,28). The number of para-hydroxylation sites is 1. The average Bonchev–Trinajstić information content (AvgIpc) is 3.21. The Morgan fingerprint density at radius 3 is 2.63 bits per heavy atom. The Labute approximate surface area is 206 Å². The van der Waals surface area contributed by atoms with E-state index in [2.05, 4.69) is 21.5 Å². The summed E-state index contributed by atoms with van der Waals surface area (Å²) in [7, 11) is -2.14. The smallest absolute Gasteiger partial charge is 0.245 e. The highest BCUT2D eigenvalue weighted by Gasteiger charge is 2.23. The van der Waals surface area contributed by atoms with Crippen molar-refractivity contribution < 1.29 is 13.2 Å². The third-order valence-electron chi connectivity index (χ3n) is 6.24. The molecule has 2 N–H and O–H groups in total. The van der Waals surface area contributed by atoms with Crippen LogP contribution in [0.5, 0.6) is 0 Å². The number of nitrogen functional groups attached to an aromatic ring is 1. The van der Waals surface area contributed by atoms with E-state index in [1.165, 1.54) is 4.31 Å². The van der Waals surface area contributed by atoms with Crippen molar-refractivity contribution in [3.8, 4) is 0 Å². The zero-order chi connectivity index (χ0) is 25.2. The fraction of sp³-hybridized carbons (Fsp3) is 0.400. The van der Waals surface area contributed by atoms with Crippen LogP contribution in [0.4, 0.5) is 5.82 Å². The van der Waals surface area contributed by atoms with E-state index < -0.39 is 10.0 Å². The van der Waals surface area contributed by atoms with Gasteiger partial charge in [-0.15, -0.1) is 0 Å². The molecule has 0 aliphatic heterocycles. The molecule has 4 aromatic rings. The van der Waals surface area contributed by atoms with Crippen molar-refractivity contribution in [2.24, 2.45) is 0 Å². The molecule has 0 bridgehead atoms. The molecule has 186 valence electrons. The van der Waals surface area contributed by atoms with E-state index in [0.717, 1.165) is 46.3 Å². The number of ether oxygens (including phenoxy) is 1. The lowest BCUT2D eigenvalue weighted by Crippen LogP contribution is -2.30. The van der Waals surface area contributed by atoms with Gasteiger partial charge in [0, 0.05) is 43.8 Å². The van der Waals surface area contributed by atoms with E-state index in [9.17, 15) is 8.42 Å².